The number of nitrogens with two attached hydrogens (primary N) is 2. The number of nitrogen functional groups attached to an aromatic ring is 1. The summed E-state index contributed by atoms with van der Waals surface area (Å²) in [4.78, 5) is 1.82. The zero-order chi connectivity index (χ0) is 14.8. The zero-order valence-electron chi connectivity index (χ0n) is 11.4. The fraction of sp³-hybridized carbons (Fsp3) is 0.500. The molecule has 0 atom stereocenters. The van der Waals surface area contributed by atoms with E-state index in [1.807, 2.05) is 11.8 Å². The van der Waals surface area contributed by atoms with Crippen LogP contribution in [-0.4, -0.2) is 32.2 Å². The average Bonchev–Trinajstić information content (AvgIpc) is 2.22. The van der Waals surface area contributed by atoms with Gasteiger partial charge in [0.25, 0.3) is 0 Å². The molecule has 1 rings (SSSR count). The number of hydrogen-bond donors (Lipinski definition) is 3. The standard InChI is InChI=1S/C12H21N3O3S/c1-4-15(8-12(2,3)16)9-5-6-11(10(13)7-9)19(14,17)18/h5-7,16H,4,8,13H2,1-3H3,(H2,14,17,18). The maximum atomic E-state index is 11.3. The van der Waals surface area contributed by atoms with E-state index < -0.39 is 15.6 Å². The van der Waals surface area contributed by atoms with E-state index in [0.29, 0.717) is 13.1 Å². The van der Waals surface area contributed by atoms with E-state index in [1.54, 1.807) is 26.0 Å². The fourth-order valence-corrected chi connectivity index (χ4v) is 2.49. The summed E-state index contributed by atoms with van der Waals surface area (Å²) in [6, 6.07) is 4.56. The van der Waals surface area contributed by atoms with Crippen LogP contribution in [0.3, 0.4) is 0 Å². The summed E-state index contributed by atoms with van der Waals surface area (Å²) in [5, 5.41) is 14.9. The highest BCUT2D eigenvalue weighted by molar-refractivity contribution is 7.89. The van der Waals surface area contributed by atoms with Gasteiger partial charge in [0.15, 0.2) is 0 Å². The first-order chi connectivity index (χ1) is 8.54. The number of primary sulfonamides is 1. The van der Waals surface area contributed by atoms with Gasteiger partial charge < -0.3 is 15.7 Å². The molecule has 0 fully saturated rings. The Hall–Kier alpha value is -1.31. The Labute approximate surface area is 114 Å². The van der Waals surface area contributed by atoms with Gasteiger partial charge in [0.2, 0.25) is 10.0 Å². The number of aliphatic hydroxyl groups is 1. The Morgan fingerprint density at radius 1 is 1.37 bits per heavy atom. The Kier molecular flexibility index (Phi) is 4.44. The van der Waals surface area contributed by atoms with E-state index in [1.165, 1.54) is 6.07 Å². The molecule has 0 unspecified atom stereocenters. The number of anilines is 2. The maximum absolute atomic E-state index is 11.3. The van der Waals surface area contributed by atoms with Crippen LogP contribution >= 0.6 is 0 Å². The third-order valence-electron chi connectivity index (χ3n) is 2.62. The van der Waals surface area contributed by atoms with Crippen LogP contribution in [0.4, 0.5) is 11.4 Å². The van der Waals surface area contributed by atoms with E-state index in [2.05, 4.69) is 0 Å². The summed E-state index contributed by atoms with van der Waals surface area (Å²) in [7, 11) is -3.81. The second-order valence-electron chi connectivity index (χ2n) is 5.09. The SMILES string of the molecule is CCN(CC(C)(C)O)c1ccc(S(N)(=O)=O)c(N)c1. The molecule has 0 amide bonds. The molecule has 0 bridgehead atoms. The van der Waals surface area contributed by atoms with Crippen molar-refractivity contribution in [3.05, 3.63) is 18.2 Å². The van der Waals surface area contributed by atoms with Crippen LogP contribution < -0.4 is 15.8 Å². The smallest absolute Gasteiger partial charge is 0.240 e. The first-order valence-corrected chi connectivity index (χ1v) is 7.49. The highest BCUT2D eigenvalue weighted by Gasteiger charge is 2.19. The molecule has 0 aromatic heterocycles. The summed E-state index contributed by atoms with van der Waals surface area (Å²) >= 11 is 0. The van der Waals surface area contributed by atoms with Crippen LogP contribution in [0.25, 0.3) is 0 Å². The van der Waals surface area contributed by atoms with Gasteiger partial charge in [0.1, 0.15) is 4.90 Å². The van der Waals surface area contributed by atoms with Gasteiger partial charge in [-0.1, -0.05) is 0 Å². The number of likely N-dealkylation sites (N-methyl/N-ethyl adjacent to an activating group) is 1. The number of sulfonamides is 1. The molecule has 0 radical (unpaired) electrons. The highest BCUT2D eigenvalue weighted by atomic mass is 32.2. The Bertz CT molecular complexity index is 550. The third kappa shape index (κ3) is 4.38. The van der Waals surface area contributed by atoms with Crippen LogP contribution in [-0.2, 0) is 10.0 Å². The molecule has 0 saturated heterocycles. The lowest BCUT2D eigenvalue weighted by atomic mass is 10.1. The van der Waals surface area contributed by atoms with Gasteiger partial charge in [0, 0.05) is 18.8 Å². The monoisotopic (exact) mass is 287 g/mol. The molecule has 0 saturated carbocycles. The van der Waals surface area contributed by atoms with Gasteiger partial charge in [-0.15, -0.1) is 0 Å². The molecule has 1 aromatic carbocycles. The van der Waals surface area contributed by atoms with E-state index in [-0.39, 0.29) is 10.6 Å². The fourth-order valence-electron chi connectivity index (χ4n) is 1.84. The molecule has 6 nitrogen and oxygen atoms in total. The number of rotatable bonds is 5. The summed E-state index contributed by atoms with van der Waals surface area (Å²) in [5.41, 5.74) is 5.71. The van der Waals surface area contributed by atoms with E-state index in [4.69, 9.17) is 10.9 Å². The van der Waals surface area contributed by atoms with Crippen molar-refractivity contribution in [1.29, 1.82) is 0 Å². The Balaban J connectivity index is 3.12. The number of hydrogen-bond acceptors (Lipinski definition) is 5. The minimum atomic E-state index is -3.81. The molecule has 5 N–H and O–H groups in total. The van der Waals surface area contributed by atoms with Crippen molar-refractivity contribution in [3.8, 4) is 0 Å². The minimum absolute atomic E-state index is 0.0874. The zero-order valence-corrected chi connectivity index (χ0v) is 12.2. The number of benzene rings is 1. The lowest BCUT2D eigenvalue weighted by Gasteiger charge is -2.30. The van der Waals surface area contributed by atoms with Crippen molar-refractivity contribution in [2.45, 2.75) is 31.3 Å². The lowest BCUT2D eigenvalue weighted by molar-refractivity contribution is 0.0876. The van der Waals surface area contributed by atoms with Gasteiger partial charge in [-0.3, -0.25) is 0 Å². The molecule has 19 heavy (non-hydrogen) atoms. The van der Waals surface area contributed by atoms with Crippen LogP contribution in [0, 0.1) is 0 Å². The summed E-state index contributed by atoms with van der Waals surface area (Å²) < 4.78 is 22.6. The predicted molar refractivity (Wildman–Crippen MR) is 76.4 cm³/mol. The first-order valence-electron chi connectivity index (χ1n) is 5.94. The Morgan fingerprint density at radius 3 is 2.32 bits per heavy atom. The second-order valence-corrected chi connectivity index (χ2v) is 6.62. The lowest BCUT2D eigenvalue weighted by Crippen LogP contribution is -2.38. The first kappa shape index (κ1) is 15.7. The Morgan fingerprint density at radius 2 is 1.95 bits per heavy atom. The van der Waals surface area contributed by atoms with Crippen LogP contribution in [0.5, 0.6) is 0 Å². The molecule has 0 aliphatic carbocycles. The predicted octanol–water partition coefficient (Wildman–Crippen LogP) is 0.513. The molecule has 0 spiro atoms. The van der Waals surface area contributed by atoms with E-state index in [9.17, 15) is 13.5 Å². The molecule has 108 valence electrons. The minimum Gasteiger partial charge on any atom is -0.398 e. The molecule has 0 aliphatic rings. The van der Waals surface area contributed by atoms with Gasteiger partial charge in [-0.2, -0.15) is 0 Å². The topological polar surface area (TPSA) is 110 Å². The summed E-state index contributed by atoms with van der Waals surface area (Å²) in [5.74, 6) is 0. The van der Waals surface area contributed by atoms with Crippen LogP contribution in [0.1, 0.15) is 20.8 Å². The summed E-state index contributed by atoms with van der Waals surface area (Å²) in [6.07, 6.45) is 0. The van der Waals surface area contributed by atoms with Crippen molar-refractivity contribution in [3.63, 3.8) is 0 Å². The molecule has 1 aromatic rings. The highest BCUT2D eigenvalue weighted by Crippen LogP contribution is 2.25. The molecule has 0 heterocycles. The number of nitrogens with zero attached hydrogens (tertiary/aromatic N) is 1. The van der Waals surface area contributed by atoms with Crippen LogP contribution in [0.15, 0.2) is 23.1 Å². The van der Waals surface area contributed by atoms with Gasteiger partial charge in [0.05, 0.1) is 11.3 Å². The normalized spacial score (nSPS) is 12.5. The third-order valence-corrected chi connectivity index (χ3v) is 3.61. The van der Waals surface area contributed by atoms with Crippen molar-refractivity contribution >= 4 is 21.4 Å². The van der Waals surface area contributed by atoms with Crippen molar-refractivity contribution < 1.29 is 13.5 Å². The average molecular weight is 287 g/mol. The van der Waals surface area contributed by atoms with E-state index in [0.717, 1.165) is 5.69 Å². The quantitative estimate of drug-likeness (QED) is 0.684. The van der Waals surface area contributed by atoms with Gasteiger partial charge >= 0.3 is 0 Å². The molecule has 7 heteroatoms. The molecule has 0 aliphatic heterocycles. The van der Waals surface area contributed by atoms with Crippen molar-refractivity contribution in [2.24, 2.45) is 5.14 Å². The summed E-state index contributed by atoms with van der Waals surface area (Å²) in [6.45, 7) is 6.43. The van der Waals surface area contributed by atoms with Crippen molar-refractivity contribution in [2.75, 3.05) is 23.7 Å². The van der Waals surface area contributed by atoms with Gasteiger partial charge in [-0.05, 0) is 39.0 Å². The second kappa shape index (κ2) is 5.36. The van der Waals surface area contributed by atoms with E-state index >= 15 is 0 Å². The van der Waals surface area contributed by atoms with Crippen molar-refractivity contribution in [1.82, 2.24) is 0 Å². The maximum Gasteiger partial charge on any atom is 0.240 e. The molecular weight excluding hydrogens is 266 g/mol. The van der Waals surface area contributed by atoms with Crippen LogP contribution in [0.2, 0.25) is 0 Å². The largest absolute Gasteiger partial charge is 0.398 e. The molecular formula is C12H21N3O3S. The van der Waals surface area contributed by atoms with Gasteiger partial charge in [-0.25, -0.2) is 13.6 Å².